The van der Waals surface area contributed by atoms with Crippen molar-refractivity contribution in [1.82, 2.24) is 5.01 Å². The second-order valence-electron chi connectivity index (χ2n) is 6.83. The molecule has 0 amide bonds. The van der Waals surface area contributed by atoms with E-state index >= 15 is 0 Å². The van der Waals surface area contributed by atoms with Crippen LogP contribution in [0.1, 0.15) is 22.3 Å². The lowest BCUT2D eigenvalue weighted by molar-refractivity contribution is -0.918. The van der Waals surface area contributed by atoms with Crippen molar-refractivity contribution in [1.29, 1.82) is 0 Å². The third-order valence-electron chi connectivity index (χ3n) is 4.85. The van der Waals surface area contributed by atoms with E-state index in [0.717, 1.165) is 44.0 Å². The predicted octanol–water partition coefficient (Wildman–Crippen LogP) is 2.05. The Balaban J connectivity index is 1.52. The Morgan fingerprint density at radius 1 is 1.12 bits per heavy atom. The molecule has 0 unspecified atom stereocenters. The third kappa shape index (κ3) is 4.83. The second kappa shape index (κ2) is 8.17. The first-order valence-electron chi connectivity index (χ1n) is 8.97. The summed E-state index contributed by atoms with van der Waals surface area (Å²) in [6.07, 6.45) is 1.93. The smallest absolute Gasteiger partial charge is 0.119 e. The molecule has 0 aromatic heterocycles. The van der Waals surface area contributed by atoms with Gasteiger partial charge < -0.3 is 9.64 Å². The summed E-state index contributed by atoms with van der Waals surface area (Å²) in [5, 5.41) is 6.81. The van der Waals surface area contributed by atoms with E-state index in [1.807, 2.05) is 30.5 Å². The van der Waals surface area contributed by atoms with Gasteiger partial charge in [-0.1, -0.05) is 35.9 Å². The van der Waals surface area contributed by atoms with Crippen LogP contribution in [0, 0.1) is 13.8 Å². The Bertz CT molecular complexity index is 734. The van der Waals surface area contributed by atoms with Gasteiger partial charge in [0.05, 0.1) is 39.5 Å². The Kier molecular flexibility index (Phi) is 5.71. The molecule has 3 rings (SSSR count). The van der Waals surface area contributed by atoms with E-state index in [4.69, 9.17) is 4.74 Å². The van der Waals surface area contributed by atoms with Crippen LogP contribution in [0.4, 0.5) is 0 Å². The van der Waals surface area contributed by atoms with Crippen LogP contribution in [0.25, 0.3) is 0 Å². The average molecular weight is 338 g/mol. The molecule has 0 spiro atoms. The molecule has 2 aromatic rings. The Labute approximate surface area is 150 Å². The highest BCUT2D eigenvalue weighted by Gasteiger charge is 2.19. The number of benzene rings is 2. The Morgan fingerprint density at radius 2 is 1.92 bits per heavy atom. The molecule has 0 bridgehead atoms. The van der Waals surface area contributed by atoms with Crippen LogP contribution < -0.4 is 9.64 Å². The van der Waals surface area contributed by atoms with Crippen molar-refractivity contribution in [3.05, 3.63) is 64.7 Å². The highest BCUT2D eigenvalue weighted by molar-refractivity contribution is 5.79. The molecule has 4 nitrogen and oxygen atoms in total. The number of nitrogens with zero attached hydrogens (tertiary/aromatic N) is 2. The summed E-state index contributed by atoms with van der Waals surface area (Å²) in [6.45, 7) is 9.74. The lowest BCUT2D eigenvalue weighted by atomic mass is 10.1. The zero-order valence-corrected chi connectivity index (χ0v) is 15.5. The minimum absolute atomic E-state index is 0.867. The molecule has 0 saturated carbocycles. The topological polar surface area (TPSA) is 29.3 Å². The molecule has 0 atom stereocenters. The van der Waals surface area contributed by atoms with Crippen molar-refractivity contribution in [3.63, 3.8) is 0 Å². The van der Waals surface area contributed by atoms with E-state index in [2.05, 4.69) is 42.2 Å². The maximum atomic E-state index is 5.26. The lowest BCUT2D eigenvalue weighted by Crippen LogP contribution is -3.13. The van der Waals surface area contributed by atoms with Crippen LogP contribution in [-0.4, -0.2) is 44.5 Å². The quantitative estimate of drug-likeness (QED) is 0.846. The highest BCUT2D eigenvalue weighted by atomic mass is 16.5. The lowest BCUT2D eigenvalue weighted by Gasteiger charge is -2.30. The zero-order valence-electron chi connectivity index (χ0n) is 15.5. The summed E-state index contributed by atoms with van der Waals surface area (Å²) in [4.78, 5) is 1.64. The van der Waals surface area contributed by atoms with Gasteiger partial charge in [-0.2, -0.15) is 5.10 Å². The maximum absolute atomic E-state index is 5.26. The number of hydrogen-bond donors (Lipinski definition) is 1. The molecule has 0 aliphatic carbocycles. The fourth-order valence-electron chi connectivity index (χ4n) is 3.29. The minimum Gasteiger partial charge on any atom is -0.497 e. The number of hydrazone groups is 1. The Morgan fingerprint density at radius 3 is 2.64 bits per heavy atom. The van der Waals surface area contributed by atoms with Crippen molar-refractivity contribution in [2.75, 3.05) is 33.3 Å². The summed E-state index contributed by atoms with van der Waals surface area (Å²) in [6, 6.07) is 14.8. The van der Waals surface area contributed by atoms with Gasteiger partial charge in [0.1, 0.15) is 12.3 Å². The first kappa shape index (κ1) is 17.5. The van der Waals surface area contributed by atoms with Crippen molar-refractivity contribution in [3.8, 4) is 5.75 Å². The summed E-state index contributed by atoms with van der Waals surface area (Å²) in [7, 11) is 1.69. The normalized spacial score (nSPS) is 15.7. The number of hydrogen-bond acceptors (Lipinski definition) is 3. The molecule has 1 N–H and O–H groups in total. The van der Waals surface area contributed by atoms with Gasteiger partial charge in [0.2, 0.25) is 0 Å². The van der Waals surface area contributed by atoms with Crippen LogP contribution in [0.5, 0.6) is 5.75 Å². The summed E-state index contributed by atoms with van der Waals surface area (Å²) >= 11 is 0. The fourth-order valence-corrected chi connectivity index (χ4v) is 3.29. The number of methoxy groups -OCH3 is 1. The van der Waals surface area contributed by atoms with Gasteiger partial charge in [-0.15, -0.1) is 0 Å². The van der Waals surface area contributed by atoms with Gasteiger partial charge in [0.15, 0.2) is 0 Å². The van der Waals surface area contributed by atoms with Crippen LogP contribution in [0.3, 0.4) is 0 Å². The van der Waals surface area contributed by atoms with Crippen LogP contribution in [0.15, 0.2) is 47.6 Å². The molecule has 1 aliphatic rings. The minimum atomic E-state index is 0.867. The standard InChI is InChI=1S/C21H27N3O/c1-17-7-8-20(18(2)13-17)16-23-9-11-24(12-10-23)22-15-19-5-4-6-21(14-19)25-3/h4-8,13-15H,9-12,16H2,1-3H3/p+1/b22-15-. The van der Waals surface area contributed by atoms with E-state index in [0.29, 0.717) is 0 Å². The van der Waals surface area contributed by atoms with Gasteiger partial charge in [-0.25, -0.2) is 0 Å². The molecule has 1 saturated heterocycles. The number of ether oxygens (including phenoxy) is 1. The van der Waals surface area contributed by atoms with E-state index < -0.39 is 0 Å². The third-order valence-corrected chi connectivity index (χ3v) is 4.85. The maximum Gasteiger partial charge on any atom is 0.119 e. The first-order valence-corrected chi connectivity index (χ1v) is 8.97. The molecule has 25 heavy (non-hydrogen) atoms. The number of nitrogens with one attached hydrogen (secondary N) is 1. The molecule has 2 aromatic carbocycles. The number of aryl methyl sites for hydroxylation is 2. The first-order chi connectivity index (χ1) is 12.1. The molecule has 4 heteroatoms. The molecule has 0 radical (unpaired) electrons. The fraction of sp³-hybridized carbons (Fsp3) is 0.381. The number of rotatable bonds is 5. The van der Waals surface area contributed by atoms with Crippen molar-refractivity contribution >= 4 is 6.21 Å². The van der Waals surface area contributed by atoms with Crippen molar-refractivity contribution in [2.24, 2.45) is 5.10 Å². The monoisotopic (exact) mass is 338 g/mol. The zero-order chi connectivity index (χ0) is 17.6. The molecule has 1 heterocycles. The summed E-state index contributed by atoms with van der Waals surface area (Å²) < 4.78 is 5.26. The van der Waals surface area contributed by atoms with E-state index in [1.165, 1.54) is 16.7 Å². The van der Waals surface area contributed by atoms with Crippen molar-refractivity contribution in [2.45, 2.75) is 20.4 Å². The molecule has 1 fully saturated rings. The van der Waals surface area contributed by atoms with Gasteiger partial charge >= 0.3 is 0 Å². The largest absolute Gasteiger partial charge is 0.497 e. The molecule has 1 aliphatic heterocycles. The van der Waals surface area contributed by atoms with Crippen LogP contribution >= 0.6 is 0 Å². The molecule has 132 valence electrons. The highest BCUT2D eigenvalue weighted by Crippen LogP contribution is 2.11. The summed E-state index contributed by atoms with van der Waals surface area (Å²) in [5.41, 5.74) is 5.29. The second-order valence-corrected chi connectivity index (χ2v) is 6.83. The van der Waals surface area contributed by atoms with E-state index in [9.17, 15) is 0 Å². The predicted molar refractivity (Wildman–Crippen MR) is 102 cm³/mol. The van der Waals surface area contributed by atoms with E-state index in [-0.39, 0.29) is 0 Å². The number of quaternary nitrogens is 1. The van der Waals surface area contributed by atoms with Gasteiger partial charge in [-0.3, -0.25) is 5.01 Å². The van der Waals surface area contributed by atoms with Crippen LogP contribution in [0.2, 0.25) is 0 Å². The van der Waals surface area contributed by atoms with Gasteiger partial charge in [0.25, 0.3) is 0 Å². The Hall–Kier alpha value is -2.33. The van der Waals surface area contributed by atoms with Crippen molar-refractivity contribution < 1.29 is 9.64 Å². The SMILES string of the molecule is COc1cccc(/C=N\N2CC[NH+](Cc3ccc(C)cc3C)CC2)c1. The molecular formula is C21H28N3O+. The van der Waals surface area contributed by atoms with Crippen LogP contribution in [-0.2, 0) is 6.54 Å². The molecular weight excluding hydrogens is 310 g/mol. The number of piperazine rings is 1. The average Bonchev–Trinajstić information content (AvgIpc) is 2.63. The van der Waals surface area contributed by atoms with E-state index in [1.54, 1.807) is 12.0 Å². The summed E-state index contributed by atoms with van der Waals surface area (Å²) in [5.74, 6) is 0.867. The van der Waals surface area contributed by atoms with Gasteiger partial charge in [-0.05, 0) is 37.1 Å². The van der Waals surface area contributed by atoms with Gasteiger partial charge in [0, 0.05) is 5.56 Å².